The lowest BCUT2D eigenvalue weighted by Gasteiger charge is -2.07. The van der Waals surface area contributed by atoms with Crippen molar-refractivity contribution in [1.82, 2.24) is 4.98 Å². The quantitative estimate of drug-likeness (QED) is 0.710. The van der Waals surface area contributed by atoms with Gasteiger partial charge in [-0.1, -0.05) is 12.1 Å². The molecule has 2 N–H and O–H groups in total. The molecule has 1 heterocycles. The molecule has 1 aromatic heterocycles. The van der Waals surface area contributed by atoms with Gasteiger partial charge < -0.3 is 15.4 Å². The normalized spacial score (nSPS) is 10.6. The van der Waals surface area contributed by atoms with Crippen LogP contribution in [-0.2, 0) is 20.9 Å². The maximum atomic E-state index is 11.9. The van der Waals surface area contributed by atoms with Crippen molar-refractivity contribution in [2.24, 2.45) is 0 Å². The second-order valence-electron chi connectivity index (χ2n) is 5.37. The van der Waals surface area contributed by atoms with E-state index >= 15 is 0 Å². The first-order valence-electron chi connectivity index (χ1n) is 7.70. The highest BCUT2D eigenvalue weighted by Gasteiger charge is 2.06. The van der Waals surface area contributed by atoms with Crippen LogP contribution in [0.2, 0.25) is 0 Å². The van der Waals surface area contributed by atoms with Crippen molar-refractivity contribution < 1.29 is 14.3 Å². The molecule has 0 aliphatic rings. The third kappa shape index (κ3) is 4.85. The molecule has 0 unspecified atom stereocenters. The van der Waals surface area contributed by atoms with Gasteiger partial charge in [0.2, 0.25) is 11.8 Å². The van der Waals surface area contributed by atoms with Crippen LogP contribution in [-0.4, -0.2) is 23.4 Å². The number of aromatic nitrogens is 1. The summed E-state index contributed by atoms with van der Waals surface area (Å²) in [7, 11) is 0. The molecule has 3 rings (SSSR count). The van der Waals surface area contributed by atoms with E-state index in [1.54, 1.807) is 35.6 Å². The number of carbonyl (C=O) groups is 2. The second kappa shape index (κ2) is 7.87. The molecule has 0 atom stereocenters. The van der Waals surface area contributed by atoms with Crippen molar-refractivity contribution in [3.05, 3.63) is 53.5 Å². The van der Waals surface area contributed by atoms with E-state index in [2.05, 4.69) is 15.6 Å². The van der Waals surface area contributed by atoms with Gasteiger partial charge in [0, 0.05) is 18.3 Å². The molecule has 2 amide bonds. The van der Waals surface area contributed by atoms with E-state index in [0.717, 1.165) is 15.2 Å². The number of benzene rings is 2. The average molecular weight is 355 g/mol. The number of nitrogens with one attached hydrogen (secondary N) is 2. The highest BCUT2D eigenvalue weighted by molar-refractivity contribution is 7.18. The van der Waals surface area contributed by atoms with Crippen molar-refractivity contribution in [3.63, 3.8) is 0 Å². The molecule has 2 aromatic carbocycles. The Morgan fingerprint density at radius 2 is 1.72 bits per heavy atom. The zero-order valence-corrected chi connectivity index (χ0v) is 14.4. The maximum absolute atomic E-state index is 11.9. The third-order valence-electron chi connectivity index (χ3n) is 3.29. The molecule has 0 saturated heterocycles. The molecule has 0 fully saturated rings. The Kier molecular flexibility index (Phi) is 5.37. The minimum atomic E-state index is -0.242. The molecule has 0 spiro atoms. The number of anilines is 2. The number of nitrogens with zero attached hydrogens (tertiary/aromatic N) is 1. The number of rotatable bonds is 6. The largest absolute Gasteiger partial charge is 0.364 e. The van der Waals surface area contributed by atoms with Crippen LogP contribution in [0.4, 0.5) is 11.4 Å². The van der Waals surface area contributed by atoms with Crippen LogP contribution in [0.15, 0.2) is 48.5 Å². The van der Waals surface area contributed by atoms with Crippen molar-refractivity contribution in [2.45, 2.75) is 13.5 Å². The van der Waals surface area contributed by atoms with Gasteiger partial charge in [-0.25, -0.2) is 4.98 Å². The Morgan fingerprint density at radius 1 is 1.04 bits per heavy atom. The van der Waals surface area contributed by atoms with Crippen LogP contribution in [0.25, 0.3) is 10.2 Å². The summed E-state index contributed by atoms with van der Waals surface area (Å²) >= 11 is 1.56. The first kappa shape index (κ1) is 17.1. The van der Waals surface area contributed by atoms with Crippen molar-refractivity contribution in [3.8, 4) is 0 Å². The zero-order valence-electron chi connectivity index (χ0n) is 13.6. The Labute approximate surface area is 148 Å². The highest BCUT2D eigenvalue weighted by Crippen LogP contribution is 2.22. The molecule has 0 aliphatic carbocycles. The van der Waals surface area contributed by atoms with Crippen LogP contribution < -0.4 is 10.6 Å². The molecule has 128 valence electrons. The summed E-state index contributed by atoms with van der Waals surface area (Å²) < 4.78 is 6.54. The Bertz CT molecular complexity index is 857. The lowest BCUT2D eigenvalue weighted by atomic mass is 10.2. The van der Waals surface area contributed by atoms with E-state index in [1.807, 2.05) is 24.3 Å². The number of ether oxygens (including phenoxy) is 1. The van der Waals surface area contributed by atoms with Crippen LogP contribution >= 0.6 is 11.3 Å². The monoisotopic (exact) mass is 355 g/mol. The lowest BCUT2D eigenvalue weighted by Crippen LogP contribution is -2.18. The summed E-state index contributed by atoms with van der Waals surface area (Å²) in [5.41, 5.74) is 2.26. The van der Waals surface area contributed by atoms with E-state index in [9.17, 15) is 9.59 Å². The van der Waals surface area contributed by atoms with Gasteiger partial charge in [-0.15, -0.1) is 11.3 Å². The predicted octanol–water partition coefficient (Wildman–Crippen LogP) is 3.41. The minimum absolute atomic E-state index is 0.0522. The average Bonchev–Trinajstić information content (AvgIpc) is 2.99. The number of fused-ring (bicyclic) bond motifs is 1. The summed E-state index contributed by atoms with van der Waals surface area (Å²) in [5.74, 6) is -0.381. The van der Waals surface area contributed by atoms with Gasteiger partial charge in [0.05, 0.1) is 16.8 Å². The maximum Gasteiger partial charge on any atom is 0.250 e. The molecule has 6 nitrogen and oxygen atoms in total. The molecule has 0 radical (unpaired) electrons. The first-order valence-corrected chi connectivity index (χ1v) is 8.51. The fourth-order valence-electron chi connectivity index (χ4n) is 2.25. The molecular weight excluding hydrogens is 338 g/mol. The topological polar surface area (TPSA) is 80.3 Å². The predicted molar refractivity (Wildman–Crippen MR) is 98.7 cm³/mol. The number of amides is 2. The van der Waals surface area contributed by atoms with Gasteiger partial charge in [-0.2, -0.15) is 0 Å². The molecule has 25 heavy (non-hydrogen) atoms. The molecule has 0 saturated carbocycles. The fraction of sp³-hybridized carbons (Fsp3) is 0.167. The number of hydrogen-bond acceptors (Lipinski definition) is 5. The Morgan fingerprint density at radius 3 is 2.40 bits per heavy atom. The van der Waals surface area contributed by atoms with Gasteiger partial charge in [0.15, 0.2) is 0 Å². The first-order chi connectivity index (χ1) is 12.1. The molecule has 0 bridgehead atoms. The smallest absolute Gasteiger partial charge is 0.250 e. The van der Waals surface area contributed by atoms with E-state index < -0.39 is 0 Å². The van der Waals surface area contributed by atoms with E-state index in [4.69, 9.17) is 4.74 Å². The SMILES string of the molecule is CC(=O)Nc1ccc(NC(=O)COCc2nc3ccccc3s2)cc1. The van der Waals surface area contributed by atoms with Gasteiger partial charge in [-0.05, 0) is 36.4 Å². The molecule has 3 aromatic rings. The summed E-state index contributed by atoms with van der Waals surface area (Å²) in [6.45, 7) is 1.69. The van der Waals surface area contributed by atoms with Crippen LogP contribution in [0.3, 0.4) is 0 Å². The summed E-state index contributed by atoms with van der Waals surface area (Å²) in [6.07, 6.45) is 0. The number of para-hydroxylation sites is 1. The fourth-order valence-corrected chi connectivity index (χ4v) is 3.15. The van der Waals surface area contributed by atoms with Gasteiger partial charge >= 0.3 is 0 Å². The number of hydrogen-bond donors (Lipinski definition) is 2. The molecular formula is C18H17N3O3S. The summed E-state index contributed by atoms with van der Waals surface area (Å²) in [5, 5.41) is 6.25. The lowest BCUT2D eigenvalue weighted by molar-refractivity contribution is -0.121. The number of thiazole rings is 1. The summed E-state index contributed by atoms with van der Waals surface area (Å²) in [4.78, 5) is 27.3. The molecule has 7 heteroatoms. The standard InChI is InChI=1S/C18H17N3O3S/c1-12(22)19-13-6-8-14(9-7-13)20-17(23)10-24-11-18-21-15-4-2-3-5-16(15)25-18/h2-9H,10-11H2,1H3,(H,19,22)(H,20,23). The van der Waals surface area contributed by atoms with Crippen molar-refractivity contribution in [2.75, 3.05) is 17.2 Å². The van der Waals surface area contributed by atoms with Gasteiger partial charge in [-0.3, -0.25) is 9.59 Å². The Balaban J connectivity index is 1.46. The zero-order chi connectivity index (χ0) is 17.6. The van der Waals surface area contributed by atoms with E-state index in [-0.39, 0.29) is 18.4 Å². The van der Waals surface area contributed by atoms with Crippen LogP contribution in [0.5, 0.6) is 0 Å². The van der Waals surface area contributed by atoms with E-state index in [0.29, 0.717) is 18.0 Å². The van der Waals surface area contributed by atoms with E-state index in [1.165, 1.54) is 6.92 Å². The number of carbonyl (C=O) groups excluding carboxylic acids is 2. The highest BCUT2D eigenvalue weighted by atomic mass is 32.1. The van der Waals surface area contributed by atoms with Gasteiger partial charge in [0.25, 0.3) is 0 Å². The van der Waals surface area contributed by atoms with Crippen LogP contribution in [0.1, 0.15) is 11.9 Å². The second-order valence-corrected chi connectivity index (χ2v) is 6.49. The Hall–Kier alpha value is -2.77. The van der Waals surface area contributed by atoms with Crippen LogP contribution in [0, 0.1) is 0 Å². The summed E-state index contributed by atoms with van der Waals surface area (Å²) in [6, 6.07) is 14.7. The van der Waals surface area contributed by atoms with Gasteiger partial charge in [0.1, 0.15) is 11.6 Å². The minimum Gasteiger partial charge on any atom is -0.364 e. The molecule has 0 aliphatic heterocycles. The van der Waals surface area contributed by atoms with Crippen molar-refractivity contribution >= 4 is 44.7 Å². The van der Waals surface area contributed by atoms with Crippen molar-refractivity contribution in [1.29, 1.82) is 0 Å². The third-order valence-corrected chi connectivity index (χ3v) is 4.30.